The third-order valence-electron chi connectivity index (χ3n) is 6.45. The third-order valence-corrected chi connectivity index (χ3v) is 10.9. The number of hydrogen-bond donors (Lipinski definition) is 1. The lowest BCUT2D eigenvalue weighted by molar-refractivity contribution is -0.140. The molecule has 0 saturated carbocycles. The second-order valence-electron chi connectivity index (χ2n) is 11.7. The predicted octanol–water partition coefficient (Wildman–Crippen LogP) is 4.45. The van der Waals surface area contributed by atoms with Crippen LogP contribution in [0.5, 0.6) is 0 Å². The Bertz CT molecular complexity index is 922. The fraction of sp³-hybridized carbons (Fsp3) is 0.750. The molecule has 37 heavy (non-hydrogen) atoms. The molecule has 2 amide bonds. The zero-order chi connectivity index (χ0) is 28.2. The Morgan fingerprint density at radius 1 is 1.03 bits per heavy atom. The number of carbonyl (C=O) groups excluding carboxylic acids is 2. The number of anilines is 1. The van der Waals surface area contributed by atoms with E-state index < -0.39 is 37.8 Å². The lowest BCUT2D eigenvalue weighted by Crippen LogP contribution is -2.55. The number of nitrogens with one attached hydrogen (secondary N) is 1. The van der Waals surface area contributed by atoms with Gasteiger partial charge in [-0.3, -0.25) is 4.79 Å². The minimum absolute atomic E-state index is 0.0201. The summed E-state index contributed by atoms with van der Waals surface area (Å²) in [7, 11) is -2.32. The number of carbonyl (C=O) groups is 2. The molecule has 1 atom stereocenters. The van der Waals surface area contributed by atoms with Crippen LogP contribution in [0.4, 0.5) is 23.9 Å². The number of hydrogen-bond acceptors (Lipinski definition) is 7. The quantitative estimate of drug-likeness (QED) is 0.504. The Morgan fingerprint density at radius 2 is 1.57 bits per heavy atom. The van der Waals surface area contributed by atoms with Gasteiger partial charge in [0.25, 0.3) is 5.91 Å². The molecule has 9 nitrogen and oxygen atoms in total. The standard InChI is InChI=1S/C24H40F3N5O4Si/c1-22(2,3)30-21(34)35-14-9-18(36-37(7,8)23(4,5)6)19(33)31-10-12-32(13-11-31)20-28-15-17(16-29-20)24(25,26)27/h15-16,18H,9-14H2,1-8H3,(H,30,34)/t18-/m1/s1. The molecule has 210 valence electrons. The zero-order valence-electron chi connectivity index (χ0n) is 23.0. The number of rotatable bonds is 7. The predicted molar refractivity (Wildman–Crippen MR) is 137 cm³/mol. The van der Waals surface area contributed by atoms with E-state index in [9.17, 15) is 22.8 Å². The van der Waals surface area contributed by atoms with Crippen LogP contribution in [0.25, 0.3) is 0 Å². The van der Waals surface area contributed by atoms with E-state index in [0.29, 0.717) is 26.2 Å². The van der Waals surface area contributed by atoms with Crippen molar-refractivity contribution >= 4 is 26.3 Å². The lowest BCUT2D eigenvalue weighted by Gasteiger charge is -2.41. The first-order valence-corrected chi connectivity index (χ1v) is 15.3. The molecule has 0 radical (unpaired) electrons. The van der Waals surface area contributed by atoms with Crippen LogP contribution in [0, 0.1) is 0 Å². The van der Waals surface area contributed by atoms with Gasteiger partial charge >= 0.3 is 12.3 Å². The Morgan fingerprint density at radius 3 is 2.03 bits per heavy atom. The number of nitrogens with zero attached hydrogens (tertiary/aromatic N) is 4. The van der Waals surface area contributed by atoms with Gasteiger partial charge in [-0.05, 0) is 38.9 Å². The Labute approximate surface area is 218 Å². The van der Waals surface area contributed by atoms with Gasteiger partial charge in [-0.2, -0.15) is 13.2 Å². The van der Waals surface area contributed by atoms with E-state index in [0.717, 1.165) is 12.4 Å². The fourth-order valence-electron chi connectivity index (χ4n) is 3.33. The van der Waals surface area contributed by atoms with Gasteiger partial charge in [0.2, 0.25) is 5.95 Å². The summed E-state index contributed by atoms with van der Waals surface area (Å²) < 4.78 is 50.1. The maximum Gasteiger partial charge on any atom is 0.419 e. The van der Waals surface area contributed by atoms with E-state index in [1.807, 2.05) is 20.8 Å². The summed E-state index contributed by atoms with van der Waals surface area (Å²) in [5.41, 5.74) is -1.35. The van der Waals surface area contributed by atoms with Crippen molar-refractivity contribution in [3.63, 3.8) is 0 Å². The van der Waals surface area contributed by atoms with Gasteiger partial charge in [-0.15, -0.1) is 0 Å². The summed E-state index contributed by atoms with van der Waals surface area (Å²) in [4.78, 5) is 36.7. The Balaban J connectivity index is 2.05. The van der Waals surface area contributed by atoms with Crippen molar-refractivity contribution in [3.05, 3.63) is 18.0 Å². The van der Waals surface area contributed by atoms with E-state index >= 15 is 0 Å². The maximum atomic E-state index is 13.5. The van der Waals surface area contributed by atoms with Crippen LogP contribution in [0.3, 0.4) is 0 Å². The second-order valence-corrected chi connectivity index (χ2v) is 16.5. The van der Waals surface area contributed by atoms with Crippen molar-refractivity contribution in [3.8, 4) is 0 Å². The van der Waals surface area contributed by atoms with Crippen molar-refractivity contribution in [2.24, 2.45) is 0 Å². The van der Waals surface area contributed by atoms with Gasteiger partial charge in [0.05, 0.1) is 12.2 Å². The molecule has 13 heteroatoms. The van der Waals surface area contributed by atoms with Crippen molar-refractivity contribution in [2.45, 2.75) is 83.9 Å². The highest BCUT2D eigenvalue weighted by Crippen LogP contribution is 2.38. The normalized spacial score (nSPS) is 16.4. The van der Waals surface area contributed by atoms with Crippen molar-refractivity contribution < 1.29 is 31.9 Å². The highest BCUT2D eigenvalue weighted by Gasteiger charge is 2.42. The smallest absolute Gasteiger partial charge is 0.419 e. The van der Waals surface area contributed by atoms with Crippen molar-refractivity contribution in [2.75, 3.05) is 37.7 Å². The van der Waals surface area contributed by atoms with Crippen LogP contribution in [-0.2, 0) is 20.1 Å². The highest BCUT2D eigenvalue weighted by molar-refractivity contribution is 6.74. The minimum atomic E-state index is -4.50. The summed E-state index contributed by atoms with van der Waals surface area (Å²) in [6, 6.07) is 0. The highest BCUT2D eigenvalue weighted by atomic mass is 28.4. The SMILES string of the molecule is CC(C)(C)NC(=O)OCC[C@@H](O[Si](C)(C)C(C)(C)C)C(=O)N1CCN(c2ncc(C(F)(F)F)cn2)CC1. The maximum absolute atomic E-state index is 13.5. The first-order valence-electron chi connectivity index (χ1n) is 12.4. The van der Waals surface area contributed by atoms with Gasteiger partial charge in [0, 0.05) is 50.5 Å². The van der Waals surface area contributed by atoms with Crippen LogP contribution in [0.2, 0.25) is 18.1 Å². The third kappa shape index (κ3) is 9.13. The molecule has 1 fully saturated rings. The topological polar surface area (TPSA) is 96.9 Å². The monoisotopic (exact) mass is 547 g/mol. The number of alkyl carbamates (subject to hydrolysis) is 1. The summed E-state index contributed by atoms with van der Waals surface area (Å²) >= 11 is 0. The molecule has 0 aromatic carbocycles. The van der Waals surface area contributed by atoms with Gasteiger partial charge in [-0.1, -0.05) is 20.8 Å². The average Bonchev–Trinajstić information content (AvgIpc) is 2.75. The molecule has 1 aliphatic heterocycles. The largest absolute Gasteiger partial charge is 0.449 e. The van der Waals surface area contributed by atoms with E-state index in [1.54, 1.807) is 9.80 Å². The van der Waals surface area contributed by atoms with Gasteiger partial charge in [-0.25, -0.2) is 14.8 Å². The lowest BCUT2D eigenvalue weighted by atomic mass is 10.1. The molecule has 0 bridgehead atoms. The first kappa shape index (κ1) is 30.8. The van der Waals surface area contributed by atoms with Crippen LogP contribution >= 0.6 is 0 Å². The molecule has 0 aliphatic carbocycles. The van der Waals surface area contributed by atoms with Crippen LogP contribution in [-0.4, -0.2) is 79.6 Å². The molecular weight excluding hydrogens is 507 g/mol. The Hall–Kier alpha value is -2.41. The summed E-state index contributed by atoms with van der Waals surface area (Å²) in [6.07, 6.45) is -4.10. The summed E-state index contributed by atoms with van der Waals surface area (Å²) in [5.74, 6) is -0.00919. The van der Waals surface area contributed by atoms with Gasteiger partial charge in [0.1, 0.15) is 6.10 Å². The zero-order valence-corrected chi connectivity index (χ0v) is 24.0. The molecular formula is C24H40F3N5O4Si. The van der Waals surface area contributed by atoms with Crippen molar-refractivity contribution in [1.82, 2.24) is 20.2 Å². The molecule has 1 N–H and O–H groups in total. The van der Waals surface area contributed by atoms with Crippen LogP contribution in [0.15, 0.2) is 12.4 Å². The molecule has 0 unspecified atom stereocenters. The van der Waals surface area contributed by atoms with E-state index in [1.165, 1.54) is 0 Å². The summed E-state index contributed by atoms with van der Waals surface area (Å²) in [5, 5.41) is 2.59. The van der Waals surface area contributed by atoms with Crippen LogP contribution in [0.1, 0.15) is 53.5 Å². The van der Waals surface area contributed by atoms with E-state index in [-0.39, 0.29) is 29.9 Å². The number of alkyl halides is 3. The number of halogens is 3. The number of piperazine rings is 1. The minimum Gasteiger partial charge on any atom is -0.449 e. The van der Waals surface area contributed by atoms with Gasteiger partial charge in [0.15, 0.2) is 8.32 Å². The molecule has 1 aromatic heterocycles. The van der Waals surface area contributed by atoms with Gasteiger partial charge < -0.3 is 24.3 Å². The van der Waals surface area contributed by atoms with Crippen molar-refractivity contribution in [1.29, 1.82) is 0 Å². The average molecular weight is 548 g/mol. The number of amides is 2. The van der Waals surface area contributed by atoms with E-state index in [4.69, 9.17) is 9.16 Å². The second kappa shape index (κ2) is 11.5. The molecule has 2 heterocycles. The molecule has 1 saturated heterocycles. The molecule has 0 spiro atoms. The molecule has 2 rings (SSSR count). The van der Waals surface area contributed by atoms with E-state index in [2.05, 4.69) is 49.1 Å². The Kier molecular flexibility index (Phi) is 9.61. The number of ether oxygens (including phenoxy) is 1. The van der Waals surface area contributed by atoms with Crippen LogP contribution < -0.4 is 10.2 Å². The number of aromatic nitrogens is 2. The molecule has 1 aromatic rings. The first-order chi connectivity index (χ1) is 16.8. The summed E-state index contributed by atoms with van der Waals surface area (Å²) in [6.45, 7) is 17.3. The molecule has 1 aliphatic rings. The fourth-order valence-corrected chi connectivity index (χ4v) is 4.61.